The van der Waals surface area contributed by atoms with Crippen molar-refractivity contribution < 1.29 is 18.7 Å². The Morgan fingerprint density at radius 3 is 2.47 bits per heavy atom. The highest BCUT2D eigenvalue weighted by Gasteiger charge is 2.44. The van der Waals surface area contributed by atoms with Gasteiger partial charge in [-0.1, -0.05) is 32.0 Å². The number of hydrogen-bond donors (Lipinski definition) is 0. The summed E-state index contributed by atoms with van der Waals surface area (Å²) in [6.45, 7) is 6.50. The molecule has 1 amide bonds. The summed E-state index contributed by atoms with van der Waals surface area (Å²) >= 11 is 0. The number of rotatable bonds is 4. The maximum Gasteiger partial charge on any atom is 0.232 e. The SMILES string of the molecule is CCOc1ccccc1C1CC(=O)N(c2ccc(F)cc2)C2=C1C(=O)CC(C)(C)C2. The normalized spacial score (nSPS) is 20.9. The highest BCUT2D eigenvalue weighted by Crippen LogP contribution is 2.49. The van der Waals surface area contributed by atoms with Gasteiger partial charge < -0.3 is 4.74 Å². The Balaban J connectivity index is 1.89. The predicted octanol–water partition coefficient (Wildman–Crippen LogP) is 5.39. The summed E-state index contributed by atoms with van der Waals surface area (Å²) in [6, 6.07) is 13.5. The standard InChI is InChI=1S/C25H26FNO3/c1-4-30-22-8-6-5-7-18(22)19-13-23(29)27(17-11-9-16(26)10-12-17)20-14-25(2,3)15-21(28)24(19)20/h5-12,19H,4,13-15H2,1-3H3. The maximum absolute atomic E-state index is 13.5. The van der Waals surface area contributed by atoms with E-state index in [1.165, 1.54) is 12.1 Å². The van der Waals surface area contributed by atoms with Crippen LogP contribution in [-0.2, 0) is 9.59 Å². The molecule has 1 aliphatic heterocycles. The summed E-state index contributed by atoms with van der Waals surface area (Å²) in [5.41, 5.74) is 2.62. The average molecular weight is 407 g/mol. The number of nitrogens with zero attached hydrogens (tertiary/aromatic N) is 1. The Hall–Kier alpha value is -2.95. The lowest BCUT2D eigenvalue weighted by molar-refractivity contribution is -0.121. The van der Waals surface area contributed by atoms with Gasteiger partial charge in [0.1, 0.15) is 11.6 Å². The Morgan fingerprint density at radius 1 is 1.07 bits per heavy atom. The Labute approximate surface area is 176 Å². The number of ether oxygens (including phenoxy) is 1. The largest absolute Gasteiger partial charge is 0.494 e. The summed E-state index contributed by atoms with van der Waals surface area (Å²) in [5, 5.41) is 0. The molecular weight excluding hydrogens is 381 g/mol. The fraction of sp³-hybridized carbons (Fsp3) is 0.360. The van der Waals surface area contributed by atoms with Crippen LogP contribution in [0.15, 0.2) is 59.8 Å². The minimum Gasteiger partial charge on any atom is -0.494 e. The molecule has 1 unspecified atom stereocenters. The molecule has 1 atom stereocenters. The van der Waals surface area contributed by atoms with Gasteiger partial charge in [0, 0.05) is 41.3 Å². The zero-order chi connectivity index (χ0) is 21.5. The monoisotopic (exact) mass is 407 g/mol. The van der Waals surface area contributed by atoms with Crippen molar-refractivity contribution in [2.45, 2.75) is 46.0 Å². The lowest BCUT2D eigenvalue weighted by Gasteiger charge is -2.43. The lowest BCUT2D eigenvalue weighted by atomic mass is 9.69. The second-order valence-corrected chi connectivity index (χ2v) is 8.73. The maximum atomic E-state index is 13.5. The van der Waals surface area contributed by atoms with Gasteiger partial charge in [0.15, 0.2) is 5.78 Å². The van der Waals surface area contributed by atoms with Crippen molar-refractivity contribution in [2.75, 3.05) is 11.5 Å². The van der Waals surface area contributed by atoms with E-state index < -0.39 is 0 Å². The zero-order valence-electron chi connectivity index (χ0n) is 17.6. The second kappa shape index (κ2) is 7.71. The first-order valence-electron chi connectivity index (χ1n) is 10.4. The summed E-state index contributed by atoms with van der Waals surface area (Å²) < 4.78 is 19.3. The van der Waals surface area contributed by atoms with Gasteiger partial charge in [-0.05, 0) is 49.1 Å². The molecule has 1 aliphatic carbocycles. The minimum atomic E-state index is -0.360. The number of carbonyl (C=O) groups is 2. The van der Waals surface area contributed by atoms with E-state index in [1.54, 1.807) is 17.0 Å². The van der Waals surface area contributed by atoms with E-state index >= 15 is 0 Å². The van der Waals surface area contributed by atoms with E-state index in [1.807, 2.05) is 45.0 Å². The molecule has 0 N–H and O–H groups in total. The first-order chi connectivity index (χ1) is 14.3. The van der Waals surface area contributed by atoms with E-state index in [4.69, 9.17) is 4.74 Å². The molecule has 156 valence electrons. The lowest BCUT2D eigenvalue weighted by Crippen LogP contribution is -2.43. The van der Waals surface area contributed by atoms with Gasteiger partial charge in [0.25, 0.3) is 0 Å². The molecule has 2 aliphatic rings. The summed E-state index contributed by atoms with van der Waals surface area (Å²) in [6.07, 6.45) is 1.21. The molecule has 0 saturated carbocycles. The summed E-state index contributed by atoms with van der Waals surface area (Å²) in [5.74, 6) is -0.0200. The van der Waals surface area contributed by atoms with Gasteiger partial charge in [-0.3, -0.25) is 14.5 Å². The molecule has 2 aromatic rings. The Bertz CT molecular complexity index is 1020. The van der Waals surface area contributed by atoms with Crippen molar-refractivity contribution in [3.63, 3.8) is 0 Å². The van der Waals surface area contributed by atoms with Gasteiger partial charge in [0.2, 0.25) is 5.91 Å². The predicted molar refractivity (Wildman–Crippen MR) is 114 cm³/mol. The van der Waals surface area contributed by atoms with Crippen molar-refractivity contribution in [1.82, 2.24) is 0 Å². The third kappa shape index (κ3) is 3.64. The first-order valence-corrected chi connectivity index (χ1v) is 10.4. The fourth-order valence-corrected chi connectivity index (χ4v) is 4.63. The van der Waals surface area contributed by atoms with Gasteiger partial charge >= 0.3 is 0 Å². The minimum absolute atomic E-state index is 0.0668. The van der Waals surface area contributed by atoms with Crippen LogP contribution in [0.5, 0.6) is 5.75 Å². The topological polar surface area (TPSA) is 46.6 Å². The Morgan fingerprint density at radius 2 is 1.77 bits per heavy atom. The number of carbonyl (C=O) groups excluding carboxylic acids is 2. The number of halogens is 1. The average Bonchev–Trinajstić information content (AvgIpc) is 2.68. The molecule has 0 saturated heterocycles. The van der Waals surface area contributed by atoms with Crippen LogP contribution in [0.2, 0.25) is 0 Å². The van der Waals surface area contributed by atoms with Crippen LogP contribution in [0.1, 0.15) is 51.5 Å². The molecule has 0 radical (unpaired) electrons. The third-order valence-electron chi connectivity index (χ3n) is 5.82. The van der Waals surface area contributed by atoms with E-state index in [2.05, 4.69) is 0 Å². The molecule has 0 fully saturated rings. The summed E-state index contributed by atoms with van der Waals surface area (Å²) in [7, 11) is 0. The molecular formula is C25H26FNO3. The van der Waals surface area contributed by atoms with Crippen LogP contribution in [0, 0.1) is 11.2 Å². The number of allylic oxidation sites excluding steroid dienone is 2. The van der Waals surface area contributed by atoms with Crippen LogP contribution in [-0.4, -0.2) is 18.3 Å². The first kappa shape index (κ1) is 20.3. The van der Waals surface area contributed by atoms with Crippen molar-refractivity contribution in [3.05, 3.63) is 71.2 Å². The zero-order valence-corrected chi connectivity index (χ0v) is 17.6. The number of hydrogen-bond acceptors (Lipinski definition) is 3. The van der Waals surface area contributed by atoms with E-state index in [9.17, 15) is 14.0 Å². The smallest absolute Gasteiger partial charge is 0.232 e. The van der Waals surface area contributed by atoms with Gasteiger partial charge in [-0.15, -0.1) is 0 Å². The quantitative estimate of drug-likeness (QED) is 0.683. The highest BCUT2D eigenvalue weighted by atomic mass is 19.1. The van der Waals surface area contributed by atoms with Crippen molar-refractivity contribution in [2.24, 2.45) is 5.41 Å². The molecule has 0 aromatic heterocycles. The van der Waals surface area contributed by atoms with Crippen LogP contribution in [0.4, 0.5) is 10.1 Å². The van der Waals surface area contributed by atoms with Crippen molar-refractivity contribution in [1.29, 1.82) is 0 Å². The van der Waals surface area contributed by atoms with Crippen LogP contribution in [0.3, 0.4) is 0 Å². The number of ketones is 1. The highest BCUT2D eigenvalue weighted by molar-refractivity contribution is 6.07. The Kier molecular flexibility index (Phi) is 5.22. The van der Waals surface area contributed by atoms with E-state index in [-0.39, 0.29) is 35.3 Å². The van der Waals surface area contributed by atoms with Gasteiger partial charge in [-0.2, -0.15) is 0 Å². The van der Waals surface area contributed by atoms with E-state index in [0.29, 0.717) is 36.5 Å². The number of benzene rings is 2. The molecule has 5 heteroatoms. The van der Waals surface area contributed by atoms with Gasteiger partial charge in [-0.25, -0.2) is 4.39 Å². The van der Waals surface area contributed by atoms with E-state index in [0.717, 1.165) is 11.3 Å². The third-order valence-corrected chi connectivity index (χ3v) is 5.82. The number of anilines is 1. The molecule has 0 bridgehead atoms. The van der Waals surface area contributed by atoms with Crippen molar-refractivity contribution >= 4 is 17.4 Å². The molecule has 30 heavy (non-hydrogen) atoms. The molecule has 4 rings (SSSR count). The number of amides is 1. The van der Waals surface area contributed by atoms with Crippen LogP contribution >= 0.6 is 0 Å². The molecule has 0 spiro atoms. The summed E-state index contributed by atoms with van der Waals surface area (Å²) in [4.78, 5) is 28.3. The fourth-order valence-electron chi connectivity index (χ4n) is 4.63. The molecule has 4 nitrogen and oxygen atoms in total. The van der Waals surface area contributed by atoms with Gasteiger partial charge in [0.05, 0.1) is 6.61 Å². The molecule has 1 heterocycles. The van der Waals surface area contributed by atoms with Crippen molar-refractivity contribution in [3.8, 4) is 5.75 Å². The molecule has 2 aromatic carbocycles. The van der Waals surface area contributed by atoms with Crippen LogP contribution < -0.4 is 9.64 Å². The number of Topliss-reactive ketones (excluding diaryl/α,β-unsaturated/α-hetero) is 1. The number of para-hydroxylation sites is 1. The van der Waals surface area contributed by atoms with Crippen LogP contribution in [0.25, 0.3) is 0 Å². The second-order valence-electron chi connectivity index (χ2n) is 8.73.